The van der Waals surface area contributed by atoms with Crippen molar-refractivity contribution in [1.29, 1.82) is 0 Å². The molecule has 0 spiro atoms. The molecule has 130 valence electrons. The van der Waals surface area contributed by atoms with E-state index >= 15 is 0 Å². The van der Waals surface area contributed by atoms with E-state index in [-0.39, 0.29) is 0 Å². The number of hydrogen-bond acceptors (Lipinski definition) is 3. The number of anilines is 1. The van der Waals surface area contributed by atoms with Gasteiger partial charge in [-0.3, -0.25) is 10.0 Å². The highest BCUT2D eigenvalue weighted by atomic mass is 16.5. The maximum absolute atomic E-state index is 12.8. The van der Waals surface area contributed by atoms with E-state index in [9.17, 15) is 10.0 Å². The van der Waals surface area contributed by atoms with E-state index in [1.807, 2.05) is 48.5 Å². The van der Waals surface area contributed by atoms with Crippen molar-refractivity contribution in [1.82, 2.24) is 4.98 Å². The van der Waals surface area contributed by atoms with Crippen LogP contribution in [0.15, 0.2) is 54.6 Å². The Bertz CT molecular complexity index is 1020. The largest absolute Gasteiger partial charge is 0.497 e. The van der Waals surface area contributed by atoms with Gasteiger partial charge in [0, 0.05) is 16.5 Å². The molecule has 0 bridgehead atoms. The standard InChI is InChI=1S/C21H18N2O3/c1-26-17-7-8-18-16(13-17)14-19(22-18)23(25)20(24)21(11-12-21)10-9-15-5-3-2-4-6-15/h2-8,13-14,22,25H,11-12H2,1H3. The smallest absolute Gasteiger partial charge is 0.270 e. The second-order valence-corrected chi connectivity index (χ2v) is 6.42. The Morgan fingerprint density at radius 1 is 1.19 bits per heavy atom. The van der Waals surface area contributed by atoms with Crippen LogP contribution >= 0.6 is 0 Å². The fraction of sp³-hybridized carbons (Fsp3) is 0.190. The number of nitrogens with zero attached hydrogens (tertiary/aromatic N) is 1. The highest BCUT2D eigenvalue weighted by molar-refractivity contribution is 6.01. The first-order chi connectivity index (χ1) is 12.6. The number of methoxy groups -OCH3 is 1. The van der Waals surface area contributed by atoms with Crippen LogP contribution in [0.3, 0.4) is 0 Å². The molecule has 1 aliphatic rings. The number of fused-ring (bicyclic) bond motifs is 1. The molecule has 2 N–H and O–H groups in total. The van der Waals surface area contributed by atoms with Crippen LogP contribution in [0.1, 0.15) is 18.4 Å². The fourth-order valence-corrected chi connectivity index (χ4v) is 2.88. The molecule has 1 saturated carbocycles. The summed E-state index contributed by atoms with van der Waals surface area (Å²) >= 11 is 0. The van der Waals surface area contributed by atoms with Gasteiger partial charge in [0.15, 0.2) is 0 Å². The van der Waals surface area contributed by atoms with Crippen LogP contribution in [0.2, 0.25) is 0 Å². The Kier molecular flexibility index (Phi) is 3.90. The number of hydrogen-bond donors (Lipinski definition) is 2. The van der Waals surface area contributed by atoms with Crippen LogP contribution in [0.4, 0.5) is 5.82 Å². The Morgan fingerprint density at radius 2 is 1.96 bits per heavy atom. The van der Waals surface area contributed by atoms with Gasteiger partial charge in [-0.05, 0) is 49.2 Å². The monoisotopic (exact) mass is 346 g/mol. The van der Waals surface area contributed by atoms with E-state index in [0.29, 0.717) is 29.5 Å². The van der Waals surface area contributed by atoms with Gasteiger partial charge in [0.25, 0.3) is 5.91 Å². The summed E-state index contributed by atoms with van der Waals surface area (Å²) in [4.78, 5) is 15.8. The molecule has 0 aliphatic heterocycles. The van der Waals surface area contributed by atoms with Gasteiger partial charge in [0.2, 0.25) is 0 Å². The maximum atomic E-state index is 12.8. The molecule has 0 unspecified atom stereocenters. The van der Waals surface area contributed by atoms with E-state index in [0.717, 1.165) is 16.5 Å². The van der Waals surface area contributed by atoms with Crippen molar-refractivity contribution in [2.45, 2.75) is 12.8 Å². The Balaban J connectivity index is 1.59. The SMILES string of the molecule is COc1ccc2[nH]c(N(O)C(=O)C3(C#Cc4ccccc4)CC3)cc2c1. The van der Waals surface area contributed by atoms with Crippen molar-refractivity contribution < 1.29 is 14.7 Å². The molecule has 26 heavy (non-hydrogen) atoms. The van der Waals surface area contributed by atoms with Gasteiger partial charge in [-0.15, -0.1) is 0 Å². The van der Waals surface area contributed by atoms with Crippen LogP contribution in [0, 0.1) is 17.3 Å². The first-order valence-corrected chi connectivity index (χ1v) is 8.40. The molecule has 1 fully saturated rings. The number of ether oxygens (including phenoxy) is 1. The Hall–Kier alpha value is -3.23. The third-order valence-electron chi connectivity index (χ3n) is 4.61. The number of carbonyl (C=O) groups excluding carboxylic acids is 1. The molecular weight excluding hydrogens is 328 g/mol. The second kappa shape index (κ2) is 6.25. The lowest BCUT2D eigenvalue weighted by atomic mass is 10.1. The van der Waals surface area contributed by atoms with Crippen molar-refractivity contribution >= 4 is 22.6 Å². The number of aromatic amines is 1. The van der Waals surface area contributed by atoms with Crippen molar-refractivity contribution in [3.63, 3.8) is 0 Å². The van der Waals surface area contributed by atoms with Crippen LogP contribution in [-0.4, -0.2) is 23.2 Å². The number of H-pyrrole nitrogens is 1. The van der Waals surface area contributed by atoms with Gasteiger partial charge in [-0.1, -0.05) is 30.0 Å². The molecule has 1 heterocycles. The highest BCUT2D eigenvalue weighted by Crippen LogP contribution is 2.47. The van der Waals surface area contributed by atoms with E-state index in [1.54, 1.807) is 13.2 Å². The lowest BCUT2D eigenvalue weighted by Crippen LogP contribution is -2.34. The van der Waals surface area contributed by atoms with Crippen molar-refractivity contribution in [2.75, 3.05) is 12.2 Å². The minimum atomic E-state index is -0.806. The van der Waals surface area contributed by atoms with Crippen LogP contribution < -0.4 is 9.80 Å². The predicted molar refractivity (Wildman–Crippen MR) is 99.1 cm³/mol. The van der Waals surface area contributed by atoms with Gasteiger partial charge in [0.1, 0.15) is 17.0 Å². The molecule has 0 radical (unpaired) electrons. The maximum Gasteiger partial charge on any atom is 0.270 e. The summed E-state index contributed by atoms with van der Waals surface area (Å²) in [5, 5.41) is 12.0. The summed E-state index contributed by atoms with van der Waals surface area (Å²) in [7, 11) is 1.60. The number of amides is 1. The summed E-state index contributed by atoms with van der Waals surface area (Å²) in [6.45, 7) is 0. The number of nitrogens with one attached hydrogen (secondary N) is 1. The average Bonchev–Trinajstić information content (AvgIpc) is 3.36. The van der Waals surface area contributed by atoms with E-state index < -0.39 is 11.3 Å². The molecule has 4 rings (SSSR count). The third-order valence-corrected chi connectivity index (χ3v) is 4.61. The van der Waals surface area contributed by atoms with Gasteiger partial charge >= 0.3 is 0 Å². The summed E-state index contributed by atoms with van der Waals surface area (Å²) in [5.41, 5.74) is 0.862. The number of hydroxylamine groups is 1. The van der Waals surface area contributed by atoms with Gasteiger partial charge < -0.3 is 9.72 Å². The fourth-order valence-electron chi connectivity index (χ4n) is 2.88. The molecule has 1 aliphatic carbocycles. The number of aromatic nitrogens is 1. The molecule has 2 aromatic carbocycles. The zero-order valence-corrected chi connectivity index (χ0v) is 14.3. The van der Waals surface area contributed by atoms with Crippen LogP contribution in [-0.2, 0) is 4.79 Å². The van der Waals surface area contributed by atoms with Gasteiger partial charge in [-0.2, -0.15) is 5.06 Å². The van der Waals surface area contributed by atoms with E-state index in [2.05, 4.69) is 16.8 Å². The van der Waals surface area contributed by atoms with Crippen LogP contribution in [0.5, 0.6) is 5.75 Å². The Labute approximate surface area is 151 Å². The summed E-state index contributed by atoms with van der Waals surface area (Å²) < 4.78 is 5.20. The second-order valence-electron chi connectivity index (χ2n) is 6.42. The molecule has 0 saturated heterocycles. The minimum absolute atomic E-state index is 0.325. The number of benzene rings is 2. The van der Waals surface area contributed by atoms with Crippen molar-refractivity contribution in [2.24, 2.45) is 5.41 Å². The molecule has 1 aromatic heterocycles. The first-order valence-electron chi connectivity index (χ1n) is 8.40. The van der Waals surface area contributed by atoms with Crippen molar-refractivity contribution in [3.05, 3.63) is 60.2 Å². The molecule has 0 atom stereocenters. The number of rotatable bonds is 3. The zero-order chi connectivity index (χ0) is 18.1. The molecule has 5 heteroatoms. The molecule has 5 nitrogen and oxygen atoms in total. The molecule has 3 aromatic rings. The highest BCUT2D eigenvalue weighted by Gasteiger charge is 2.51. The van der Waals surface area contributed by atoms with Crippen LogP contribution in [0.25, 0.3) is 10.9 Å². The Morgan fingerprint density at radius 3 is 2.65 bits per heavy atom. The quantitative estimate of drug-likeness (QED) is 0.431. The summed E-state index contributed by atoms with van der Waals surface area (Å²) in [5.74, 6) is 6.73. The summed E-state index contributed by atoms with van der Waals surface area (Å²) in [6, 6.07) is 16.8. The summed E-state index contributed by atoms with van der Waals surface area (Å²) in [6.07, 6.45) is 1.30. The molecular formula is C21H18N2O3. The number of carbonyl (C=O) groups is 1. The topological polar surface area (TPSA) is 65.6 Å². The zero-order valence-electron chi connectivity index (χ0n) is 14.3. The predicted octanol–water partition coefficient (Wildman–Crippen LogP) is 3.73. The van der Waals surface area contributed by atoms with Gasteiger partial charge in [-0.25, -0.2) is 0 Å². The van der Waals surface area contributed by atoms with E-state index in [1.165, 1.54) is 0 Å². The van der Waals surface area contributed by atoms with Gasteiger partial charge in [0.05, 0.1) is 7.11 Å². The van der Waals surface area contributed by atoms with Crippen molar-refractivity contribution in [3.8, 4) is 17.6 Å². The lowest BCUT2D eigenvalue weighted by molar-refractivity contribution is -0.127. The molecule has 1 amide bonds. The first kappa shape index (κ1) is 16.2. The van der Waals surface area contributed by atoms with E-state index in [4.69, 9.17) is 4.74 Å². The minimum Gasteiger partial charge on any atom is -0.497 e. The lowest BCUT2D eigenvalue weighted by Gasteiger charge is -2.16. The normalized spacial score (nSPS) is 14.4. The third kappa shape index (κ3) is 2.92. The average molecular weight is 346 g/mol.